The molecule has 0 saturated carbocycles. The molecule has 0 spiro atoms. The van der Waals surface area contributed by atoms with Crippen LogP contribution in [-0.2, 0) is 4.74 Å². The fourth-order valence-corrected chi connectivity index (χ4v) is 2.77. The molecule has 0 saturated heterocycles. The minimum Gasteiger partial charge on any atom is -0.465 e. The summed E-state index contributed by atoms with van der Waals surface area (Å²) >= 11 is 6.04. The third-order valence-corrected chi connectivity index (χ3v) is 4.34. The standard InChI is InChI=1S/C22H13ClN2O3/c1-27-22(26)19-11-16(6-8-20(19)23)21-9-7-18(28-21)10-17(13-25)15-4-2-14(12-24)3-5-15/h2-11H,1H3/b17-10-. The van der Waals surface area contributed by atoms with Gasteiger partial charge in [0, 0.05) is 5.56 Å². The van der Waals surface area contributed by atoms with Crippen LogP contribution >= 0.6 is 11.6 Å². The highest BCUT2D eigenvalue weighted by atomic mass is 35.5. The third kappa shape index (κ3) is 3.96. The Morgan fingerprint density at radius 3 is 2.50 bits per heavy atom. The van der Waals surface area contributed by atoms with Crippen molar-refractivity contribution in [1.82, 2.24) is 0 Å². The van der Waals surface area contributed by atoms with E-state index in [1.807, 2.05) is 6.07 Å². The summed E-state index contributed by atoms with van der Waals surface area (Å²) < 4.78 is 10.5. The van der Waals surface area contributed by atoms with E-state index in [0.29, 0.717) is 33.8 Å². The Morgan fingerprint density at radius 1 is 1.11 bits per heavy atom. The lowest BCUT2D eigenvalue weighted by Gasteiger charge is -2.04. The predicted molar refractivity (Wildman–Crippen MR) is 105 cm³/mol. The first kappa shape index (κ1) is 19.0. The zero-order chi connectivity index (χ0) is 20.1. The molecule has 5 nitrogen and oxygen atoms in total. The van der Waals surface area contributed by atoms with Crippen molar-refractivity contribution in [1.29, 1.82) is 10.5 Å². The second-order valence-corrected chi connectivity index (χ2v) is 6.15. The van der Waals surface area contributed by atoms with Gasteiger partial charge in [-0.1, -0.05) is 23.7 Å². The molecule has 1 aromatic heterocycles. The summed E-state index contributed by atoms with van der Waals surface area (Å²) in [5.41, 5.74) is 2.49. The van der Waals surface area contributed by atoms with Crippen molar-refractivity contribution in [2.75, 3.05) is 7.11 Å². The molecule has 2 aromatic carbocycles. The van der Waals surface area contributed by atoms with E-state index < -0.39 is 5.97 Å². The molecular formula is C22H13ClN2O3. The molecule has 0 amide bonds. The van der Waals surface area contributed by atoms with Crippen LogP contribution in [0.15, 0.2) is 59.0 Å². The molecule has 0 aliphatic carbocycles. The lowest BCUT2D eigenvalue weighted by atomic mass is 10.0. The molecule has 0 fully saturated rings. The van der Waals surface area contributed by atoms with Gasteiger partial charge in [-0.2, -0.15) is 10.5 Å². The zero-order valence-electron chi connectivity index (χ0n) is 14.8. The lowest BCUT2D eigenvalue weighted by molar-refractivity contribution is 0.0601. The normalized spacial score (nSPS) is 10.8. The van der Waals surface area contributed by atoms with E-state index in [4.69, 9.17) is 26.0 Å². The van der Waals surface area contributed by atoms with Crippen LogP contribution in [0, 0.1) is 22.7 Å². The first-order chi connectivity index (χ1) is 13.5. The van der Waals surface area contributed by atoms with Crippen molar-refractivity contribution in [2.45, 2.75) is 0 Å². The molecule has 0 aliphatic heterocycles. The molecule has 0 radical (unpaired) electrons. The maximum Gasteiger partial charge on any atom is 0.339 e. The quantitative estimate of drug-likeness (QED) is 0.445. The van der Waals surface area contributed by atoms with Crippen molar-refractivity contribution < 1.29 is 13.9 Å². The van der Waals surface area contributed by atoms with E-state index in [1.165, 1.54) is 7.11 Å². The van der Waals surface area contributed by atoms with Gasteiger partial charge in [-0.3, -0.25) is 0 Å². The number of nitrogens with zero attached hydrogens (tertiary/aromatic N) is 2. The van der Waals surface area contributed by atoms with E-state index in [2.05, 4.69) is 6.07 Å². The van der Waals surface area contributed by atoms with Crippen LogP contribution in [0.1, 0.15) is 27.2 Å². The highest BCUT2D eigenvalue weighted by Gasteiger charge is 2.14. The average Bonchev–Trinajstić information content (AvgIpc) is 3.20. The Morgan fingerprint density at radius 2 is 1.86 bits per heavy atom. The van der Waals surface area contributed by atoms with Gasteiger partial charge in [0.15, 0.2) is 0 Å². The summed E-state index contributed by atoms with van der Waals surface area (Å²) in [5, 5.41) is 18.6. The molecule has 1 heterocycles. The first-order valence-electron chi connectivity index (χ1n) is 8.16. The number of rotatable bonds is 4. The minimum atomic E-state index is -0.536. The number of hydrogen-bond donors (Lipinski definition) is 0. The molecule has 28 heavy (non-hydrogen) atoms. The number of halogens is 1. The molecule has 0 aliphatic rings. The molecular weight excluding hydrogens is 376 g/mol. The molecule has 6 heteroatoms. The number of furan rings is 1. The third-order valence-electron chi connectivity index (χ3n) is 4.02. The number of methoxy groups -OCH3 is 1. The van der Waals surface area contributed by atoms with Crippen molar-refractivity contribution in [2.24, 2.45) is 0 Å². The summed E-state index contributed by atoms with van der Waals surface area (Å²) in [7, 11) is 1.29. The van der Waals surface area contributed by atoms with Gasteiger partial charge in [-0.15, -0.1) is 0 Å². The van der Waals surface area contributed by atoms with E-state index in [0.717, 1.165) is 0 Å². The molecule has 0 N–H and O–H groups in total. The van der Waals surface area contributed by atoms with Crippen LogP contribution in [0.4, 0.5) is 0 Å². The zero-order valence-corrected chi connectivity index (χ0v) is 15.5. The number of carbonyl (C=O) groups excluding carboxylic acids is 1. The number of benzene rings is 2. The van der Waals surface area contributed by atoms with Crippen LogP contribution < -0.4 is 0 Å². The van der Waals surface area contributed by atoms with Crippen molar-refractivity contribution in [3.63, 3.8) is 0 Å². The number of nitriles is 2. The highest BCUT2D eigenvalue weighted by Crippen LogP contribution is 2.29. The van der Waals surface area contributed by atoms with Crippen molar-refractivity contribution in [3.8, 4) is 23.5 Å². The van der Waals surface area contributed by atoms with Gasteiger partial charge in [0.2, 0.25) is 0 Å². The fraction of sp³-hybridized carbons (Fsp3) is 0.0455. The summed E-state index contributed by atoms with van der Waals surface area (Å²) in [4.78, 5) is 11.8. The second kappa shape index (κ2) is 8.26. The summed E-state index contributed by atoms with van der Waals surface area (Å²) in [6, 6.07) is 19.3. The highest BCUT2D eigenvalue weighted by molar-refractivity contribution is 6.33. The number of esters is 1. The van der Waals surface area contributed by atoms with Crippen LogP contribution in [0.2, 0.25) is 5.02 Å². The maximum absolute atomic E-state index is 11.8. The fourth-order valence-electron chi connectivity index (χ4n) is 2.58. The van der Waals surface area contributed by atoms with Gasteiger partial charge >= 0.3 is 5.97 Å². The molecule has 136 valence electrons. The van der Waals surface area contributed by atoms with E-state index in [1.54, 1.807) is 60.7 Å². The van der Waals surface area contributed by atoms with Crippen molar-refractivity contribution in [3.05, 3.63) is 82.1 Å². The number of allylic oxidation sites excluding steroid dienone is 1. The largest absolute Gasteiger partial charge is 0.465 e. The summed E-state index contributed by atoms with van der Waals surface area (Å²) in [6.45, 7) is 0. The Labute approximate surface area is 166 Å². The number of carbonyl (C=O) groups is 1. The van der Waals surface area contributed by atoms with Crippen molar-refractivity contribution >= 4 is 29.2 Å². The molecule has 3 aromatic rings. The Bertz CT molecular complexity index is 1150. The topological polar surface area (TPSA) is 87.0 Å². The van der Waals surface area contributed by atoms with Crippen LogP contribution in [0.25, 0.3) is 23.0 Å². The summed E-state index contributed by atoms with van der Waals surface area (Å²) in [6.07, 6.45) is 1.61. The first-order valence-corrected chi connectivity index (χ1v) is 8.54. The van der Waals surface area contributed by atoms with Crippen LogP contribution in [0.5, 0.6) is 0 Å². The average molecular weight is 389 g/mol. The van der Waals surface area contributed by atoms with Gasteiger partial charge in [0.05, 0.1) is 41.0 Å². The van der Waals surface area contributed by atoms with Gasteiger partial charge in [-0.25, -0.2) is 4.79 Å². The molecule has 3 rings (SSSR count). The van der Waals surface area contributed by atoms with Gasteiger partial charge < -0.3 is 9.15 Å². The van der Waals surface area contributed by atoms with Gasteiger partial charge in [-0.05, 0) is 54.1 Å². The number of ether oxygens (including phenoxy) is 1. The molecule has 0 bridgehead atoms. The molecule has 0 unspecified atom stereocenters. The summed E-state index contributed by atoms with van der Waals surface area (Å²) in [5.74, 6) is 0.460. The molecule has 0 atom stereocenters. The maximum atomic E-state index is 11.8. The second-order valence-electron chi connectivity index (χ2n) is 5.75. The van der Waals surface area contributed by atoms with Gasteiger partial charge in [0.25, 0.3) is 0 Å². The predicted octanol–water partition coefficient (Wildman–Crippen LogP) is 5.32. The number of hydrogen-bond acceptors (Lipinski definition) is 5. The Balaban J connectivity index is 1.93. The monoisotopic (exact) mass is 388 g/mol. The van der Waals surface area contributed by atoms with Crippen LogP contribution in [-0.4, -0.2) is 13.1 Å². The minimum absolute atomic E-state index is 0.241. The smallest absolute Gasteiger partial charge is 0.339 e. The lowest BCUT2D eigenvalue weighted by Crippen LogP contribution is -2.02. The van der Waals surface area contributed by atoms with E-state index >= 15 is 0 Å². The van der Waals surface area contributed by atoms with Crippen LogP contribution in [0.3, 0.4) is 0 Å². The van der Waals surface area contributed by atoms with E-state index in [9.17, 15) is 10.1 Å². The van der Waals surface area contributed by atoms with Gasteiger partial charge in [0.1, 0.15) is 11.5 Å². The van der Waals surface area contributed by atoms with E-state index in [-0.39, 0.29) is 10.6 Å². The Hall–Kier alpha value is -3.80. The Kier molecular flexibility index (Phi) is 5.60. The SMILES string of the molecule is COC(=O)c1cc(-c2ccc(/C=C(/C#N)c3ccc(C#N)cc3)o2)ccc1Cl.